The number of carboxylic acid groups (broad SMARTS) is 2. The molecular formula is C6H10N2O4. The predicted octanol–water partition coefficient (Wildman–Crippen LogP) is -1.91. The highest BCUT2D eigenvalue weighted by Crippen LogP contribution is 1.94. The Morgan fingerprint density at radius 1 is 1.08 bits per heavy atom. The molecule has 0 spiro atoms. The molecule has 0 bridgehead atoms. The van der Waals surface area contributed by atoms with Crippen LogP contribution in [0.1, 0.15) is 0 Å². The molecule has 2 atom stereocenters. The van der Waals surface area contributed by atoms with Gasteiger partial charge in [0, 0.05) is 13.1 Å². The molecule has 0 aromatic carbocycles. The fourth-order valence-corrected chi connectivity index (χ4v) is 1.05. The first-order chi connectivity index (χ1) is 5.61. The fourth-order valence-electron chi connectivity index (χ4n) is 1.05. The Hall–Kier alpha value is -1.14. The topological polar surface area (TPSA) is 98.7 Å². The monoisotopic (exact) mass is 174 g/mol. The molecular weight excluding hydrogens is 164 g/mol. The third kappa shape index (κ3) is 1.93. The summed E-state index contributed by atoms with van der Waals surface area (Å²) >= 11 is 0. The van der Waals surface area contributed by atoms with Crippen molar-refractivity contribution < 1.29 is 19.8 Å². The Bertz CT molecular complexity index is 186. The van der Waals surface area contributed by atoms with Gasteiger partial charge in [-0.1, -0.05) is 0 Å². The first-order valence-electron chi connectivity index (χ1n) is 3.53. The van der Waals surface area contributed by atoms with Gasteiger partial charge >= 0.3 is 11.9 Å². The minimum atomic E-state index is -1.03. The third-order valence-corrected chi connectivity index (χ3v) is 1.70. The van der Waals surface area contributed by atoms with E-state index in [-0.39, 0.29) is 13.1 Å². The number of nitrogens with one attached hydrogen (secondary N) is 2. The highest BCUT2D eigenvalue weighted by Gasteiger charge is 2.29. The van der Waals surface area contributed by atoms with E-state index in [2.05, 4.69) is 10.6 Å². The quantitative estimate of drug-likeness (QED) is 0.390. The van der Waals surface area contributed by atoms with Crippen LogP contribution in [0.2, 0.25) is 0 Å². The lowest BCUT2D eigenvalue weighted by Gasteiger charge is -2.26. The molecule has 1 rings (SSSR count). The summed E-state index contributed by atoms with van der Waals surface area (Å²) in [6.45, 7) is 0.526. The van der Waals surface area contributed by atoms with Gasteiger partial charge in [0.2, 0.25) is 0 Å². The first-order valence-corrected chi connectivity index (χ1v) is 3.53. The molecule has 68 valence electrons. The van der Waals surface area contributed by atoms with E-state index in [0.717, 1.165) is 0 Å². The Labute approximate surface area is 68.6 Å². The van der Waals surface area contributed by atoms with Gasteiger partial charge in [0.25, 0.3) is 0 Å². The van der Waals surface area contributed by atoms with Crippen molar-refractivity contribution >= 4 is 11.9 Å². The molecule has 0 aliphatic carbocycles. The lowest BCUT2D eigenvalue weighted by molar-refractivity contribution is -0.143. The van der Waals surface area contributed by atoms with Crippen LogP contribution in [0, 0.1) is 0 Å². The van der Waals surface area contributed by atoms with Crippen LogP contribution < -0.4 is 10.6 Å². The molecule has 1 fully saturated rings. The Kier molecular flexibility index (Phi) is 2.61. The summed E-state index contributed by atoms with van der Waals surface area (Å²) in [5.41, 5.74) is 0. The van der Waals surface area contributed by atoms with Crippen molar-refractivity contribution in [1.82, 2.24) is 10.6 Å². The average molecular weight is 174 g/mol. The molecule has 0 saturated carbocycles. The van der Waals surface area contributed by atoms with Crippen LogP contribution in [-0.4, -0.2) is 47.3 Å². The fraction of sp³-hybridized carbons (Fsp3) is 0.667. The summed E-state index contributed by atoms with van der Waals surface area (Å²) < 4.78 is 0. The minimum Gasteiger partial charge on any atom is -0.480 e. The van der Waals surface area contributed by atoms with E-state index in [1.165, 1.54) is 0 Å². The van der Waals surface area contributed by atoms with Crippen molar-refractivity contribution in [3.05, 3.63) is 0 Å². The second kappa shape index (κ2) is 3.51. The Balaban J connectivity index is 2.51. The molecule has 1 aliphatic heterocycles. The summed E-state index contributed by atoms with van der Waals surface area (Å²) in [6, 6.07) is -1.61. The molecule has 0 radical (unpaired) electrons. The maximum absolute atomic E-state index is 10.4. The lowest BCUT2D eigenvalue weighted by Crippen LogP contribution is -2.60. The van der Waals surface area contributed by atoms with E-state index in [0.29, 0.717) is 0 Å². The molecule has 1 saturated heterocycles. The summed E-state index contributed by atoms with van der Waals surface area (Å²) in [7, 11) is 0. The average Bonchev–Trinajstić information content (AvgIpc) is 2.04. The SMILES string of the molecule is O=C(O)[C@H]1CNC[C@H](C(=O)O)N1. The Morgan fingerprint density at radius 2 is 1.50 bits per heavy atom. The van der Waals surface area contributed by atoms with E-state index in [9.17, 15) is 9.59 Å². The largest absolute Gasteiger partial charge is 0.480 e. The highest BCUT2D eigenvalue weighted by atomic mass is 16.4. The molecule has 1 aliphatic rings. The number of carbonyl (C=O) groups is 2. The van der Waals surface area contributed by atoms with Crippen molar-refractivity contribution in [2.45, 2.75) is 12.1 Å². The number of hydrogen-bond acceptors (Lipinski definition) is 4. The zero-order valence-corrected chi connectivity index (χ0v) is 6.28. The van der Waals surface area contributed by atoms with E-state index in [4.69, 9.17) is 10.2 Å². The standard InChI is InChI=1S/C6H10N2O4/c9-5(10)3-1-7-2-4(8-3)6(11)12/h3-4,7-8H,1-2H2,(H,9,10)(H,11,12)/t3-,4-/m1/s1. The highest BCUT2D eigenvalue weighted by molar-refractivity contribution is 5.78. The molecule has 0 aromatic heterocycles. The van der Waals surface area contributed by atoms with Crippen LogP contribution in [0.4, 0.5) is 0 Å². The van der Waals surface area contributed by atoms with Gasteiger partial charge in [-0.2, -0.15) is 0 Å². The van der Waals surface area contributed by atoms with Crippen LogP contribution in [0.5, 0.6) is 0 Å². The zero-order chi connectivity index (χ0) is 9.14. The van der Waals surface area contributed by atoms with E-state index >= 15 is 0 Å². The van der Waals surface area contributed by atoms with Crippen molar-refractivity contribution in [2.24, 2.45) is 0 Å². The van der Waals surface area contributed by atoms with Crippen LogP contribution in [0.25, 0.3) is 0 Å². The second-order valence-corrected chi connectivity index (χ2v) is 2.61. The number of rotatable bonds is 2. The number of aliphatic carboxylic acids is 2. The molecule has 1 heterocycles. The number of carboxylic acids is 2. The molecule has 0 aromatic rings. The van der Waals surface area contributed by atoms with Gasteiger partial charge in [0.1, 0.15) is 12.1 Å². The third-order valence-electron chi connectivity index (χ3n) is 1.70. The maximum Gasteiger partial charge on any atom is 0.322 e. The van der Waals surface area contributed by atoms with Crippen molar-refractivity contribution in [3.8, 4) is 0 Å². The summed E-state index contributed by atoms with van der Waals surface area (Å²) in [4.78, 5) is 20.9. The normalized spacial score (nSPS) is 29.7. The molecule has 0 unspecified atom stereocenters. The molecule has 6 nitrogen and oxygen atoms in total. The second-order valence-electron chi connectivity index (χ2n) is 2.61. The molecule has 4 N–H and O–H groups in total. The van der Waals surface area contributed by atoms with Crippen LogP contribution in [0.3, 0.4) is 0 Å². The molecule has 6 heteroatoms. The smallest absolute Gasteiger partial charge is 0.322 e. The Morgan fingerprint density at radius 3 is 1.83 bits per heavy atom. The van der Waals surface area contributed by atoms with Gasteiger partial charge in [0.15, 0.2) is 0 Å². The number of piperazine rings is 1. The first kappa shape index (κ1) is 8.95. The van der Waals surface area contributed by atoms with Gasteiger partial charge < -0.3 is 15.5 Å². The lowest BCUT2D eigenvalue weighted by atomic mass is 10.1. The summed E-state index contributed by atoms with van der Waals surface area (Å²) in [5, 5.41) is 22.3. The molecule has 12 heavy (non-hydrogen) atoms. The van der Waals surface area contributed by atoms with E-state index in [1.54, 1.807) is 0 Å². The van der Waals surface area contributed by atoms with Gasteiger partial charge in [-0.25, -0.2) is 0 Å². The van der Waals surface area contributed by atoms with E-state index < -0.39 is 24.0 Å². The minimum absolute atomic E-state index is 0.263. The van der Waals surface area contributed by atoms with Gasteiger partial charge in [0.05, 0.1) is 0 Å². The van der Waals surface area contributed by atoms with E-state index in [1.807, 2.05) is 0 Å². The van der Waals surface area contributed by atoms with Crippen LogP contribution in [-0.2, 0) is 9.59 Å². The van der Waals surface area contributed by atoms with Gasteiger partial charge in [-0.15, -0.1) is 0 Å². The van der Waals surface area contributed by atoms with Crippen molar-refractivity contribution in [2.75, 3.05) is 13.1 Å². The summed E-state index contributed by atoms with van der Waals surface area (Å²) in [6.07, 6.45) is 0. The predicted molar refractivity (Wildman–Crippen MR) is 38.9 cm³/mol. The van der Waals surface area contributed by atoms with Crippen molar-refractivity contribution in [1.29, 1.82) is 0 Å². The van der Waals surface area contributed by atoms with Crippen LogP contribution >= 0.6 is 0 Å². The van der Waals surface area contributed by atoms with Crippen LogP contribution in [0.15, 0.2) is 0 Å². The van der Waals surface area contributed by atoms with Crippen molar-refractivity contribution in [3.63, 3.8) is 0 Å². The van der Waals surface area contributed by atoms with Gasteiger partial charge in [-0.3, -0.25) is 14.9 Å². The molecule has 0 amide bonds. The summed E-state index contributed by atoms with van der Waals surface area (Å²) in [5.74, 6) is -2.07. The maximum atomic E-state index is 10.4. The zero-order valence-electron chi connectivity index (χ0n) is 6.28. The number of hydrogen-bond donors (Lipinski definition) is 4. The van der Waals surface area contributed by atoms with Gasteiger partial charge in [-0.05, 0) is 0 Å².